The average Bonchev–Trinajstić information content (AvgIpc) is 2.21. The first-order valence-corrected chi connectivity index (χ1v) is 6.38. The summed E-state index contributed by atoms with van der Waals surface area (Å²) < 4.78 is 45.9. The molecule has 0 aromatic carbocycles. The van der Waals surface area contributed by atoms with Crippen molar-refractivity contribution in [2.45, 2.75) is 32.5 Å². The van der Waals surface area contributed by atoms with Crippen LogP contribution in [0.2, 0.25) is 0 Å². The lowest BCUT2D eigenvalue weighted by Crippen LogP contribution is -2.56. The molecule has 0 aliphatic carbocycles. The highest BCUT2D eigenvalue weighted by molar-refractivity contribution is 9.10. The Balaban J connectivity index is 3.66. The number of aromatic nitrogens is 1. The molecule has 1 rings (SSSR count). The van der Waals surface area contributed by atoms with Crippen molar-refractivity contribution in [2.75, 3.05) is 0 Å². The zero-order valence-corrected chi connectivity index (χ0v) is 12.7. The number of nitrogens with zero attached hydrogens (tertiary/aromatic N) is 1. The highest BCUT2D eigenvalue weighted by atomic mass is 79.9. The second-order valence-corrected chi connectivity index (χ2v) is 6.13. The number of rotatable bonds is 2. The summed E-state index contributed by atoms with van der Waals surface area (Å²) >= 11 is 3.08. The van der Waals surface area contributed by atoms with Crippen LogP contribution in [0.3, 0.4) is 0 Å². The molecule has 4 nitrogen and oxygen atoms in total. The van der Waals surface area contributed by atoms with E-state index in [9.17, 15) is 18.0 Å². The number of hydrogen-bond donors (Lipinski definition) is 1. The Hall–Kier alpha value is -1.31. The highest BCUT2D eigenvalue weighted by Gasteiger charge is 2.67. The molecule has 1 aromatic rings. The zero-order chi connectivity index (χ0) is 15.8. The van der Waals surface area contributed by atoms with E-state index in [-0.39, 0.29) is 0 Å². The molecular weight excluding hydrogens is 341 g/mol. The summed E-state index contributed by atoms with van der Waals surface area (Å²) in [5, 5.41) is 0. The first-order chi connectivity index (χ1) is 8.92. The maximum Gasteiger partial charge on any atom is 0.434 e. The third-order valence-corrected chi connectivity index (χ3v) is 3.29. The van der Waals surface area contributed by atoms with Gasteiger partial charge in [0.2, 0.25) is 0 Å². The lowest BCUT2D eigenvalue weighted by Gasteiger charge is -2.43. The van der Waals surface area contributed by atoms with Crippen molar-refractivity contribution in [1.29, 1.82) is 0 Å². The summed E-state index contributed by atoms with van der Waals surface area (Å²) in [7, 11) is 0. The largest absolute Gasteiger partial charge is 0.434 e. The average molecular weight is 355 g/mol. The molecule has 0 saturated heterocycles. The van der Waals surface area contributed by atoms with Gasteiger partial charge in [0.15, 0.2) is 0 Å². The van der Waals surface area contributed by atoms with E-state index in [1.165, 1.54) is 33.0 Å². The summed E-state index contributed by atoms with van der Waals surface area (Å²) in [5.41, 5.74) is -0.0333. The van der Waals surface area contributed by atoms with E-state index in [0.717, 1.165) is 6.07 Å². The molecule has 0 fully saturated rings. The Bertz CT molecular complexity index is 498. The molecule has 1 unspecified atom stereocenters. The SMILES string of the molecule is CC(C)(C)C(OC(N)=O)(c1cc(Br)ccn1)C(F)(F)F. The van der Waals surface area contributed by atoms with Crippen LogP contribution in [-0.4, -0.2) is 17.3 Å². The van der Waals surface area contributed by atoms with E-state index >= 15 is 0 Å². The van der Waals surface area contributed by atoms with Gasteiger partial charge in [0, 0.05) is 16.1 Å². The molecule has 1 aromatic heterocycles. The van der Waals surface area contributed by atoms with Crippen LogP contribution in [0.4, 0.5) is 18.0 Å². The third kappa shape index (κ3) is 2.89. The molecule has 20 heavy (non-hydrogen) atoms. The van der Waals surface area contributed by atoms with Crippen molar-refractivity contribution in [1.82, 2.24) is 4.98 Å². The minimum absolute atomic E-state index is 0.383. The maximum absolute atomic E-state index is 13.7. The van der Waals surface area contributed by atoms with E-state index < -0.39 is 29.0 Å². The lowest BCUT2D eigenvalue weighted by molar-refractivity contribution is -0.300. The van der Waals surface area contributed by atoms with Crippen molar-refractivity contribution in [3.8, 4) is 0 Å². The van der Waals surface area contributed by atoms with Crippen LogP contribution in [0.25, 0.3) is 0 Å². The Morgan fingerprint density at radius 3 is 2.25 bits per heavy atom. The fourth-order valence-electron chi connectivity index (χ4n) is 1.97. The van der Waals surface area contributed by atoms with Gasteiger partial charge in [0.05, 0.1) is 5.69 Å². The summed E-state index contributed by atoms with van der Waals surface area (Å²) in [6.07, 6.45) is -5.21. The summed E-state index contributed by atoms with van der Waals surface area (Å²) in [4.78, 5) is 14.7. The number of pyridine rings is 1. The molecule has 112 valence electrons. The van der Waals surface area contributed by atoms with Crippen molar-refractivity contribution in [2.24, 2.45) is 11.1 Å². The summed E-state index contributed by atoms with van der Waals surface area (Å²) in [5.74, 6) is 0. The second-order valence-electron chi connectivity index (χ2n) is 5.21. The van der Waals surface area contributed by atoms with Crippen LogP contribution < -0.4 is 5.73 Å². The third-order valence-electron chi connectivity index (χ3n) is 2.79. The van der Waals surface area contributed by atoms with E-state index in [0.29, 0.717) is 4.47 Å². The van der Waals surface area contributed by atoms with Gasteiger partial charge in [-0.15, -0.1) is 0 Å². The van der Waals surface area contributed by atoms with Crippen LogP contribution >= 0.6 is 15.9 Å². The standard InChI is InChI=1S/C12H14BrF3N2O2/c1-10(2,3)11(12(14,15)16,20-9(17)19)8-6-7(13)4-5-18-8/h4-6H,1-3H3,(H2,17,19). The van der Waals surface area contributed by atoms with Gasteiger partial charge >= 0.3 is 12.3 Å². The topological polar surface area (TPSA) is 65.2 Å². The molecule has 8 heteroatoms. The minimum atomic E-state index is -4.88. The number of nitrogens with two attached hydrogens (primary N) is 1. The van der Waals surface area contributed by atoms with Crippen molar-refractivity contribution >= 4 is 22.0 Å². The molecule has 0 bridgehead atoms. The lowest BCUT2D eigenvalue weighted by atomic mass is 9.73. The number of carbonyl (C=O) groups is 1. The molecule has 1 amide bonds. The molecule has 0 spiro atoms. The van der Waals surface area contributed by atoms with E-state index in [4.69, 9.17) is 5.73 Å². The van der Waals surface area contributed by atoms with Crippen molar-refractivity contribution < 1.29 is 22.7 Å². The van der Waals surface area contributed by atoms with Gasteiger partial charge in [-0.05, 0) is 12.1 Å². The van der Waals surface area contributed by atoms with E-state index in [1.807, 2.05) is 0 Å². The molecular formula is C12H14BrF3N2O2. The molecule has 0 radical (unpaired) electrons. The Morgan fingerprint density at radius 2 is 1.90 bits per heavy atom. The predicted octanol–water partition coefficient (Wildman–Crippen LogP) is 3.74. The van der Waals surface area contributed by atoms with Gasteiger partial charge in [-0.25, -0.2) is 4.79 Å². The fraction of sp³-hybridized carbons (Fsp3) is 0.500. The van der Waals surface area contributed by atoms with Gasteiger partial charge < -0.3 is 10.5 Å². The van der Waals surface area contributed by atoms with Gasteiger partial charge in [0.1, 0.15) is 0 Å². The smallest absolute Gasteiger partial charge is 0.426 e. The molecule has 0 aliphatic rings. The number of ether oxygens (including phenoxy) is 1. The van der Waals surface area contributed by atoms with Crippen LogP contribution in [0.15, 0.2) is 22.8 Å². The van der Waals surface area contributed by atoms with Gasteiger partial charge in [0.25, 0.3) is 5.60 Å². The first-order valence-electron chi connectivity index (χ1n) is 5.59. The zero-order valence-electron chi connectivity index (χ0n) is 11.1. The second kappa shape index (κ2) is 5.23. The minimum Gasteiger partial charge on any atom is -0.426 e. The molecule has 0 aliphatic heterocycles. The van der Waals surface area contributed by atoms with Crippen LogP contribution in [0.5, 0.6) is 0 Å². The highest BCUT2D eigenvalue weighted by Crippen LogP contribution is 2.53. The first kappa shape index (κ1) is 16.7. The van der Waals surface area contributed by atoms with Gasteiger partial charge in [-0.1, -0.05) is 36.7 Å². The Kier molecular flexibility index (Phi) is 4.38. The molecule has 0 saturated carbocycles. The number of alkyl halides is 3. The molecule has 1 heterocycles. The van der Waals surface area contributed by atoms with E-state index in [1.54, 1.807) is 0 Å². The van der Waals surface area contributed by atoms with Crippen molar-refractivity contribution in [3.05, 3.63) is 28.5 Å². The number of primary amides is 1. The van der Waals surface area contributed by atoms with E-state index in [2.05, 4.69) is 25.7 Å². The maximum atomic E-state index is 13.7. The van der Waals surface area contributed by atoms with Crippen LogP contribution in [-0.2, 0) is 10.3 Å². The quantitative estimate of drug-likeness (QED) is 0.879. The number of halogens is 4. The normalized spacial score (nSPS) is 15.6. The van der Waals surface area contributed by atoms with Crippen LogP contribution in [0, 0.1) is 5.41 Å². The summed E-state index contributed by atoms with van der Waals surface area (Å²) in [6.45, 7) is 3.89. The molecule has 1 atom stereocenters. The Morgan fingerprint density at radius 1 is 1.35 bits per heavy atom. The number of carbonyl (C=O) groups excluding carboxylic acids is 1. The predicted molar refractivity (Wildman–Crippen MR) is 69.8 cm³/mol. The van der Waals surface area contributed by atoms with Crippen LogP contribution in [0.1, 0.15) is 26.5 Å². The fourth-order valence-corrected chi connectivity index (χ4v) is 2.30. The van der Waals surface area contributed by atoms with Crippen molar-refractivity contribution in [3.63, 3.8) is 0 Å². The summed E-state index contributed by atoms with van der Waals surface area (Å²) in [6, 6.07) is 2.62. The Labute approximate surface area is 122 Å². The van der Waals surface area contributed by atoms with Gasteiger partial charge in [-0.2, -0.15) is 13.2 Å². The monoisotopic (exact) mass is 354 g/mol. The molecule has 2 N–H and O–H groups in total. The number of hydrogen-bond acceptors (Lipinski definition) is 3. The van der Waals surface area contributed by atoms with Gasteiger partial charge in [-0.3, -0.25) is 4.98 Å². The number of amides is 1.